The van der Waals surface area contributed by atoms with Crippen molar-refractivity contribution in [2.45, 2.75) is 57.0 Å². The van der Waals surface area contributed by atoms with Gasteiger partial charge in [-0.25, -0.2) is 0 Å². The van der Waals surface area contributed by atoms with Crippen molar-refractivity contribution in [3.05, 3.63) is 0 Å². The summed E-state index contributed by atoms with van der Waals surface area (Å²) < 4.78 is 10.6. The van der Waals surface area contributed by atoms with E-state index in [1.807, 2.05) is 0 Å². The van der Waals surface area contributed by atoms with E-state index in [1.165, 1.54) is 38.6 Å². The van der Waals surface area contributed by atoms with E-state index in [0.29, 0.717) is 18.2 Å². The van der Waals surface area contributed by atoms with Crippen molar-refractivity contribution in [2.24, 2.45) is 0 Å². The molecule has 1 atom stereocenters. The minimum atomic E-state index is 0.418. The van der Waals surface area contributed by atoms with E-state index in [1.54, 1.807) is 7.11 Å². The summed E-state index contributed by atoms with van der Waals surface area (Å²) in [6.45, 7) is 8.15. The molecule has 1 N–H and O–H groups in total. The molecular weight excluding hydrogens is 252 g/mol. The Morgan fingerprint density at radius 1 is 1.15 bits per heavy atom. The van der Waals surface area contributed by atoms with E-state index in [9.17, 15) is 0 Å². The molecule has 1 aliphatic carbocycles. The molecule has 1 heterocycles. The Kier molecular flexibility index (Phi) is 6.75. The molecule has 0 aromatic heterocycles. The Morgan fingerprint density at radius 3 is 2.70 bits per heavy atom. The lowest BCUT2D eigenvalue weighted by molar-refractivity contribution is 0.0409. The molecule has 0 radical (unpaired) electrons. The zero-order chi connectivity index (χ0) is 14.3. The van der Waals surface area contributed by atoms with E-state index in [0.717, 1.165) is 32.7 Å². The van der Waals surface area contributed by atoms with E-state index in [2.05, 4.69) is 17.1 Å². The predicted molar refractivity (Wildman–Crippen MR) is 82.2 cm³/mol. The Morgan fingerprint density at radius 2 is 1.95 bits per heavy atom. The van der Waals surface area contributed by atoms with Crippen LogP contribution in [0, 0.1) is 0 Å². The SMILES string of the molecule is COCCOCCCN1CC2(CCCCC2)NCC1C. The first kappa shape index (κ1) is 16.2. The van der Waals surface area contributed by atoms with Crippen molar-refractivity contribution in [2.75, 3.05) is 46.6 Å². The van der Waals surface area contributed by atoms with Gasteiger partial charge in [0.1, 0.15) is 0 Å². The van der Waals surface area contributed by atoms with Crippen LogP contribution < -0.4 is 5.32 Å². The molecule has 118 valence electrons. The number of hydrogen-bond donors (Lipinski definition) is 1. The first-order valence-electron chi connectivity index (χ1n) is 8.31. The minimum absolute atomic E-state index is 0.418. The molecule has 0 aromatic rings. The second-order valence-corrected chi connectivity index (χ2v) is 6.50. The number of ether oxygens (including phenoxy) is 2. The monoisotopic (exact) mass is 284 g/mol. The summed E-state index contributed by atoms with van der Waals surface area (Å²) in [6, 6.07) is 0.654. The van der Waals surface area contributed by atoms with Gasteiger partial charge >= 0.3 is 0 Å². The summed E-state index contributed by atoms with van der Waals surface area (Å²) >= 11 is 0. The summed E-state index contributed by atoms with van der Waals surface area (Å²) in [5, 5.41) is 3.84. The zero-order valence-electron chi connectivity index (χ0n) is 13.3. The normalized spacial score (nSPS) is 27.0. The Labute approximate surface area is 124 Å². The molecule has 0 amide bonds. The smallest absolute Gasteiger partial charge is 0.0700 e. The van der Waals surface area contributed by atoms with Crippen molar-refractivity contribution in [1.29, 1.82) is 0 Å². The van der Waals surface area contributed by atoms with Gasteiger partial charge in [-0.3, -0.25) is 4.90 Å². The molecule has 1 aliphatic heterocycles. The lowest BCUT2D eigenvalue weighted by Crippen LogP contribution is -2.64. The Balaban J connectivity index is 1.69. The van der Waals surface area contributed by atoms with Gasteiger partial charge in [0.25, 0.3) is 0 Å². The lowest BCUT2D eigenvalue weighted by atomic mass is 9.79. The number of nitrogens with zero attached hydrogens (tertiary/aromatic N) is 1. The maximum atomic E-state index is 5.57. The number of rotatable bonds is 7. The van der Waals surface area contributed by atoms with Crippen LogP contribution in [0.25, 0.3) is 0 Å². The van der Waals surface area contributed by atoms with Crippen LogP contribution in [0.15, 0.2) is 0 Å². The van der Waals surface area contributed by atoms with Crippen LogP contribution in [0.5, 0.6) is 0 Å². The van der Waals surface area contributed by atoms with Gasteiger partial charge in [0.2, 0.25) is 0 Å². The first-order chi connectivity index (χ1) is 9.76. The zero-order valence-corrected chi connectivity index (χ0v) is 13.3. The van der Waals surface area contributed by atoms with E-state index < -0.39 is 0 Å². The van der Waals surface area contributed by atoms with Gasteiger partial charge in [-0.15, -0.1) is 0 Å². The van der Waals surface area contributed by atoms with Crippen LogP contribution in [0.4, 0.5) is 0 Å². The third kappa shape index (κ3) is 4.69. The number of methoxy groups -OCH3 is 1. The maximum Gasteiger partial charge on any atom is 0.0700 e. The van der Waals surface area contributed by atoms with Gasteiger partial charge in [-0.2, -0.15) is 0 Å². The summed E-state index contributed by atoms with van der Waals surface area (Å²) in [5.41, 5.74) is 0.418. The second kappa shape index (κ2) is 8.32. The summed E-state index contributed by atoms with van der Waals surface area (Å²) in [6.07, 6.45) is 8.07. The number of hydrogen-bond acceptors (Lipinski definition) is 4. The van der Waals surface area contributed by atoms with Gasteiger partial charge < -0.3 is 14.8 Å². The first-order valence-corrected chi connectivity index (χ1v) is 8.31. The fourth-order valence-electron chi connectivity index (χ4n) is 3.57. The fourth-order valence-corrected chi connectivity index (χ4v) is 3.57. The van der Waals surface area contributed by atoms with Crippen molar-refractivity contribution < 1.29 is 9.47 Å². The molecule has 2 rings (SSSR count). The van der Waals surface area contributed by atoms with Crippen molar-refractivity contribution >= 4 is 0 Å². The van der Waals surface area contributed by atoms with Crippen LogP contribution >= 0.6 is 0 Å². The molecule has 4 nitrogen and oxygen atoms in total. The van der Waals surface area contributed by atoms with Crippen LogP contribution in [0.2, 0.25) is 0 Å². The topological polar surface area (TPSA) is 33.7 Å². The van der Waals surface area contributed by atoms with Crippen molar-refractivity contribution in [3.63, 3.8) is 0 Å². The number of piperazine rings is 1. The Bertz CT molecular complexity index is 267. The average Bonchev–Trinajstić information content (AvgIpc) is 2.47. The molecule has 1 saturated carbocycles. The molecule has 1 saturated heterocycles. The maximum absolute atomic E-state index is 5.57. The highest BCUT2D eigenvalue weighted by molar-refractivity contribution is 4.98. The number of nitrogens with one attached hydrogen (secondary N) is 1. The third-order valence-corrected chi connectivity index (χ3v) is 4.88. The molecule has 0 aromatic carbocycles. The summed E-state index contributed by atoms with van der Waals surface area (Å²) in [7, 11) is 1.72. The largest absolute Gasteiger partial charge is 0.382 e. The predicted octanol–water partition coefficient (Wildman–Crippen LogP) is 2.04. The van der Waals surface area contributed by atoms with Crippen LogP contribution in [0.1, 0.15) is 45.4 Å². The molecule has 20 heavy (non-hydrogen) atoms. The van der Waals surface area contributed by atoms with Gasteiger partial charge in [0.05, 0.1) is 13.2 Å². The summed E-state index contributed by atoms with van der Waals surface area (Å²) in [5.74, 6) is 0. The molecular formula is C16H32N2O2. The van der Waals surface area contributed by atoms with Crippen molar-refractivity contribution in [1.82, 2.24) is 10.2 Å². The molecule has 2 aliphatic rings. The van der Waals surface area contributed by atoms with E-state index >= 15 is 0 Å². The Hall–Kier alpha value is -0.160. The highest BCUT2D eigenvalue weighted by atomic mass is 16.5. The second-order valence-electron chi connectivity index (χ2n) is 6.50. The standard InChI is InChI=1S/C16H32N2O2/c1-15-13-17-16(7-4-3-5-8-16)14-18(15)9-6-10-20-12-11-19-2/h15,17H,3-14H2,1-2H3. The third-order valence-electron chi connectivity index (χ3n) is 4.88. The van der Waals surface area contributed by atoms with E-state index in [-0.39, 0.29) is 0 Å². The molecule has 4 heteroatoms. The highest BCUT2D eigenvalue weighted by Gasteiger charge is 2.38. The van der Waals surface area contributed by atoms with Crippen LogP contribution in [-0.2, 0) is 9.47 Å². The fraction of sp³-hybridized carbons (Fsp3) is 1.00. The quantitative estimate of drug-likeness (QED) is 0.725. The van der Waals surface area contributed by atoms with Gasteiger partial charge in [-0.05, 0) is 26.2 Å². The van der Waals surface area contributed by atoms with Gasteiger partial charge in [0.15, 0.2) is 0 Å². The van der Waals surface area contributed by atoms with E-state index in [4.69, 9.17) is 9.47 Å². The molecule has 2 fully saturated rings. The van der Waals surface area contributed by atoms with Gasteiger partial charge in [0, 0.05) is 44.9 Å². The average molecular weight is 284 g/mol. The molecule has 0 bridgehead atoms. The highest BCUT2D eigenvalue weighted by Crippen LogP contribution is 2.31. The molecule has 1 spiro atoms. The summed E-state index contributed by atoms with van der Waals surface area (Å²) in [4.78, 5) is 2.67. The lowest BCUT2D eigenvalue weighted by Gasteiger charge is -2.49. The van der Waals surface area contributed by atoms with Crippen LogP contribution in [-0.4, -0.2) is 63.0 Å². The molecule has 1 unspecified atom stereocenters. The van der Waals surface area contributed by atoms with Gasteiger partial charge in [-0.1, -0.05) is 19.3 Å². The van der Waals surface area contributed by atoms with Crippen molar-refractivity contribution in [3.8, 4) is 0 Å². The van der Waals surface area contributed by atoms with Crippen LogP contribution in [0.3, 0.4) is 0 Å². The minimum Gasteiger partial charge on any atom is -0.382 e.